The number of nitrogens with one attached hydrogen (secondary N) is 1. The molecular weight excluding hydrogens is 396 g/mol. The van der Waals surface area contributed by atoms with Crippen LogP contribution in [0.4, 0.5) is 0 Å². The number of furan rings is 1. The lowest BCUT2D eigenvalue weighted by Crippen LogP contribution is -2.44. The zero-order valence-corrected chi connectivity index (χ0v) is 18.5. The summed E-state index contributed by atoms with van der Waals surface area (Å²) in [5, 5.41) is 12.5. The van der Waals surface area contributed by atoms with Crippen molar-refractivity contribution in [3.05, 3.63) is 48.4 Å². The number of amides is 1. The van der Waals surface area contributed by atoms with Gasteiger partial charge in [0.15, 0.2) is 11.0 Å². The molecule has 3 unspecified atom stereocenters. The van der Waals surface area contributed by atoms with Crippen LogP contribution in [0.1, 0.15) is 45.3 Å². The minimum atomic E-state index is -0.274. The Kier molecular flexibility index (Phi) is 6.27. The SMILES string of the molecule is Cc1occc1-c1nnc(SC(C)C(=O)NC2CCCCC2C)n1-c1ccccc1. The molecule has 2 aromatic heterocycles. The number of aryl methyl sites for hydroxylation is 1. The van der Waals surface area contributed by atoms with Gasteiger partial charge >= 0.3 is 0 Å². The number of para-hydroxylation sites is 1. The van der Waals surface area contributed by atoms with Gasteiger partial charge in [-0.3, -0.25) is 9.36 Å². The van der Waals surface area contributed by atoms with Crippen LogP contribution in [0.2, 0.25) is 0 Å². The Bertz CT molecular complexity index is 998. The predicted molar refractivity (Wildman–Crippen MR) is 119 cm³/mol. The van der Waals surface area contributed by atoms with E-state index in [1.54, 1.807) is 6.26 Å². The second kappa shape index (κ2) is 9.08. The van der Waals surface area contributed by atoms with Crippen LogP contribution in [0.3, 0.4) is 0 Å². The molecule has 30 heavy (non-hydrogen) atoms. The van der Waals surface area contributed by atoms with E-state index in [9.17, 15) is 4.79 Å². The molecule has 2 heterocycles. The Morgan fingerprint density at radius 3 is 2.67 bits per heavy atom. The Labute approximate surface area is 181 Å². The van der Waals surface area contributed by atoms with Crippen molar-refractivity contribution in [2.75, 3.05) is 0 Å². The van der Waals surface area contributed by atoms with Crippen LogP contribution >= 0.6 is 11.8 Å². The van der Waals surface area contributed by atoms with Crippen molar-refractivity contribution in [1.82, 2.24) is 20.1 Å². The van der Waals surface area contributed by atoms with Crippen LogP contribution in [0, 0.1) is 12.8 Å². The summed E-state index contributed by atoms with van der Waals surface area (Å²) < 4.78 is 7.48. The van der Waals surface area contributed by atoms with Gasteiger partial charge in [-0.15, -0.1) is 10.2 Å². The van der Waals surface area contributed by atoms with E-state index in [1.165, 1.54) is 31.0 Å². The summed E-state index contributed by atoms with van der Waals surface area (Å²) >= 11 is 1.43. The van der Waals surface area contributed by atoms with Gasteiger partial charge in [0.25, 0.3) is 0 Å². The maximum atomic E-state index is 12.9. The van der Waals surface area contributed by atoms with Crippen LogP contribution in [0.5, 0.6) is 0 Å². The Balaban J connectivity index is 1.59. The van der Waals surface area contributed by atoms with Gasteiger partial charge in [-0.1, -0.05) is 49.7 Å². The minimum absolute atomic E-state index is 0.0578. The number of hydrogen-bond acceptors (Lipinski definition) is 5. The van der Waals surface area contributed by atoms with Crippen LogP contribution in [-0.2, 0) is 4.79 Å². The molecule has 0 bridgehead atoms. The van der Waals surface area contributed by atoms with Gasteiger partial charge in [0.2, 0.25) is 5.91 Å². The van der Waals surface area contributed by atoms with Crippen LogP contribution in [0.25, 0.3) is 17.1 Å². The van der Waals surface area contributed by atoms with Crippen molar-refractivity contribution in [1.29, 1.82) is 0 Å². The van der Waals surface area contributed by atoms with Crippen LogP contribution in [0.15, 0.2) is 52.2 Å². The van der Waals surface area contributed by atoms with E-state index < -0.39 is 0 Å². The Morgan fingerprint density at radius 2 is 1.97 bits per heavy atom. The third kappa shape index (κ3) is 4.31. The molecule has 6 nitrogen and oxygen atoms in total. The first-order valence-electron chi connectivity index (χ1n) is 10.6. The number of aromatic nitrogens is 3. The van der Waals surface area contributed by atoms with Gasteiger partial charge in [-0.2, -0.15) is 0 Å². The highest BCUT2D eigenvalue weighted by molar-refractivity contribution is 8.00. The van der Waals surface area contributed by atoms with Crippen molar-refractivity contribution < 1.29 is 9.21 Å². The molecule has 1 aromatic carbocycles. The summed E-state index contributed by atoms with van der Waals surface area (Å²) in [7, 11) is 0. The second-order valence-corrected chi connectivity index (χ2v) is 9.31. The molecule has 1 N–H and O–H groups in total. The zero-order valence-electron chi connectivity index (χ0n) is 17.7. The summed E-state index contributed by atoms with van der Waals surface area (Å²) in [5.41, 5.74) is 1.85. The molecule has 1 fully saturated rings. The number of hydrogen-bond donors (Lipinski definition) is 1. The molecule has 1 aliphatic carbocycles. The topological polar surface area (TPSA) is 72.9 Å². The van der Waals surface area contributed by atoms with E-state index in [1.807, 2.05) is 54.8 Å². The number of benzene rings is 1. The average molecular weight is 425 g/mol. The number of rotatable bonds is 6. The van der Waals surface area contributed by atoms with E-state index >= 15 is 0 Å². The van der Waals surface area contributed by atoms with E-state index in [4.69, 9.17) is 4.42 Å². The minimum Gasteiger partial charge on any atom is -0.469 e. The maximum Gasteiger partial charge on any atom is 0.233 e. The molecule has 3 aromatic rings. The highest BCUT2D eigenvalue weighted by Gasteiger charge is 2.27. The Hall–Kier alpha value is -2.54. The quantitative estimate of drug-likeness (QED) is 0.563. The van der Waals surface area contributed by atoms with E-state index in [0.717, 1.165) is 23.4 Å². The molecule has 1 saturated carbocycles. The van der Waals surface area contributed by atoms with Gasteiger partial charge in [-0.05, 0) is 50.8 Å². The van der Waals surface area contributed by atoms with Gasteiger partial charge < -0.3 is 9.73 Å². The highest BCUT2D eigenvalue weighted by Crippen LogP contribution is 2.32. The van der Waals surface area contributed by atoms with Gasteiger partial charge in [0.05, 0.1) is 17.1 Å². The molecular formula is C23H28N4O2S. The third-order valence-corrected chi connectivity index (χ3v) is 6.88. The first kappa shape index (κ1) is 20.7. The molecule has 7 heteroatoms. The van der Waals surface area contributed by atoms with E-state index in [-0.39, 0.29) is 17.2 Å². The van der Waals surface area contributed by atoms with Gasteiger partial charge in [-0.25, -0.2) is 0 Å². The summed E-state index contributed by atoms with van der Waals surface area (Å²) in [6.07, 6.45) is 6.35. The van der Waals surface area contributed by atoms with Crippen molar-refractivity contribution >= 4 is 17.7 Å². The van der Waals surface area contributed by atoms with Crippen molar-refractivity contribution in [3.8, 4) is 17.1 Å². The fourth-order valence-corrected chi connectivity index (χ4v) is 4.87. The fraction of sp³-hybridized carbons (Fsp3) is 0.435. The molecule has 1 amide bonds. The second-order valence-electron chi connectivity index (χ2n) is 8.00. The standard InChI is InChI=1S/C23H28N4O2S/c1-15-9-7-8-12-20(15)24-22(28)17(3)30-23-26-25-21(19-13-14-29-16(19)2)27(23)18-10-5-4-6-11-18/h4-6,10-11,13-15,17,20H,7-9,12H2,1-3H3,(H,24,28). The fourth-order valence-electron chi connectivity index (χ4n) is 3.99. The lowest BCUT2D eigenvalue weighted by Gasteiger charge is -2.30. The maximum absolute atomic E-state index is 12.9. The van der Waals surface area contributed by atoms with Crippen LogP contribution < -0.4 is 5.32 Å². The first-order valence-corrected chi connectivity index (χ1v) is 11.4. The van der Waals surface area contributed by atoms with Crippen molar-refractivity contribution in [2.24, 2.45) is 5.92 Å². The number of thioether (sulfide) groups is 1. The Morgan fingerprint density at radius 1 is 1.20 bits per heavy atom. The first-order chi connectivity index (χ1) is 14.5. The van der Waals surface area contributed by atoms with Crippen molar-refractivity contribution in [3.63, 3.8) is 0 Å². The number of carbonyl (C=O) groups excluding carboxylic acids is 1. The summed E-state index contributed by atoms with van der Waals surface area (Å²) in [4.78, 5) is 12.9. The monoisotopic (exact) mass is 424 g/mol. The normalized spacial score (nSPS) is 20.1. The van der Waals surface area contributed by atoms with E-state index in [0.29, 0.717) is 16.9 Å². The molecule has 158 valence electrons. The zero-order chi connectivity index (χ0) is 21.1. The summed E-state index contributed by atoms with van der Waals surface area (Å²) in [6, 6.07) is 12.1. The third-order valence-electron chi connectivity index (χ3n) is 5.84. The molecule has 0 spiro atoms. The average Bonchev–Trinajstić information content (AvgIpc) is 3.36. The number of carbonyl (C=O) groups is 1. The van der Waals surface area contributed by atoms with Gasteiger partial charge in [0, 0.05) is 11.7 Å². The molecule has 0 saturated heterocycles. The van der Waals surface area contributed by atoms with Crippen LogP contribution in [-0.4, -0.2) is 32.0 Å². The van der Waals surface area contributed by atoms with E-state index in [2.05, 4.69) is 22.4 Å². The largest absolute Gasteiger partial charge is 0.469 e. The lowest BCUT2D eigenvalue weighted by atomic mass is 9.86. The number of nitrogens with zero attached hydrogens (tertiary/aromatic N) is 3. The van der Waals surface area contributed by atoms with Crippen molar-refractivity contribution in [2.45, 2.75) is 62.9 Å². The molecule has 4 rings (SSSR count). The predicted octanol–water partition coefficient (Wildman–Crippen LogP) is 5.01. The molecule has 0 aliphatic heterocycles. The van der Waals surface area contributed by atoms with Gasteiger partial charge in [0.1, 0.15) is 5.76 Å². The highest BCUT2D eigenvalue weighted by atomic mass is 32.2. The lowest BCUT2D eigenvalue weighted by molar-refractivity contribution is -0.121. The molecule has 0 radical (unpaired) electrons. The smallest absolute Gasteiger partial charge is 0.233 e. The molecule has 1 aliphatic rings. The molecule has 3 atom stereocenters. The summed E-state index contributed by atoms with van der Waals surface area (Å²) in [5.74, 6) is 2.09. The summed E-state index contributed by atoms with van der Waals surface area (Å²) in [6.45, 7) is 6.07.